The minimum atomic E-state index is -1.06. The van der Waals surface area contributed by atoms with E-state index in [2.05, 4.69) is 0 Å². The summed E-state index contributed by atoms with van der Waals surface area (Å²) >= 11 is 0. The molecular formula is C20H27N3O5. The number of benzene rings is 1. The van der Waals surface area contributed by atoms with E-state index in [-0.39, 0.29) is 29.5 Å². The molecule has 1 aliphatic heterocycles. The number of amides is 4. The van der Waals surface area contributed by atoms with Gasteiger partial charge in [-0.15, -0.1) is 0 Å². The molecule has 28 heavy (non-hydrogen) atoms. The highest BCUT2D eigenvalue weighted by atomic mass is 16.5. The predicted molar refractivity (Wildman–Crippen MR) is 101 cm³/mol. The van der Waals surface area contributed by atoms with Crippen LogP contribution in [-0.2, 0) is 9.59 Å². The van der Waals surface area contributed by atoms with Crippen molar-refractivity contribution < 1.29 is 24.4 Å². The van der Waals surface area contributed by atoms with Crippen LogP contribution in [0, 0.1) is 17.8 Å². The van der Waals surface area contributed by atoms with Gasteiger partial charge in [-0.1, -0.05) is 26.0 Å². The Morgan fingerprint density at radius 2 is 1.64 bits per heavy atom. The van der Waals surface area contributed by atoms with Gasteiger partial charge in [-0.3, -0.25) is 29.3 Å². The highest BCUT2D eigenvalue weighted by molar-refractivity contribution is 6.21. The third-order valence-corrected chi connectivity index (χ3v) is 5.08. The molecule has 0 spiro atoms. The number of nitrogens with zero attached hydrogens (tertiary/aromatic N) is 2. The summed E-state index contributed by atoms with van der Waals surface area (Å²) in [5.41, 5.74) is 2.14. The summed E-state index contributed by atoms with van der Waals surface area (Å²) in [5.74, 6) is -3.80. The predicted octanol–water partition coefficient (Wildman–Crippen LogP) is 1.54. The maximum atomic E-state index is 12.9. The van der Waals surface area contributed by atoms with Gasteiger partial charge in [0.05, 0.1) is 23.0 Å². The minimum absolute atomic E-state index is 0.0929. The summed E-state index contributed by atoms with van der Waals surface area (Å²) in [6.45, 7) is 5.83. The van der Waals surface area contributed by atoms with E-state index in [4.69, 9.17) is 0 Å². The zero-order valence-electron chi connectivity index (χ0n) is 16.6. The molecule has 1 aromatic rings. The number of fused-ring (bicyclic) bond motifs is 1. The van der Waals surface area contributed by atoms with Gasteiger partial charge >= 0.3 is 0 Å². The monoisotopic (exact) mass is 389 g/mol. The van der Waals surface area contributed by atoms with E-state index >= 15 is 0 Å². The summed E-state index contributed by atoms with van der Waals surface area (Å²) < 4.78 is 0. The summed E-state index contributed by atoms with van der Waals surface area (Å²) in [7, 11) is 1.63. The zero-order valence-corrected chi connectivity index (χ0v) is 16.6. The van der Waals surface area contributed by atoms with Crippen LogP contribution >= 0.6 is 0 Å². The summed E-state index contributed by atoms with van der Waals surface area (Å²) in [6, 6.07) is 6.43. The van der Waals surface area contributed by atoms with Crippen LogP contribution in [0.25, 0.3) is 0 Å². The fraction of sp³-hybridized carbons (Fsp3) is 0.500. The minimum Gasteiger partial charge on any atom is -0.346 e. The number of imide groups is 1. The lowest BCUT2D eigenvalue weighted by Crippen LogP contribution is -2.48. The van der Waals surface area contributed by atoms with Crippen LogP contribution in [0.5, 0.6) is 0 Å². The molecule has 8 nitrogen and oxygen atoms in total. The Bertz CT molecular complexity index is 742. The molecule has 1 aliphatic rings. The molecular weight excluding hydrogens is 362 g/mol. The van der Waals surface area contributed by atoms with E-state index in [0.29, 0.717) is 13.0 Å². The van der Waals surface area contributed by atoms with E-state index in [1.165, 1.54) is 4.90 Å². The Labute approximate surface area is 164 Å². The second-order valence-electron chi connectivity index (χ2n) is 7.44. The third kappa shape index (κ3) is 4.22. The molecule has 0 fully saturated rings. The van der Waals surface area contributed by atoms with Gasteiger partial charge in [-0.25, -0.2) is 5.48 Å². The lowest BCUT2D eigenvalue weighted by atomic mass is 9.83. The van der Waals surface area contributed by atoms with Crippen LogP contribution in [-0.4, -0.2) is 58.8 Å². The second kappa shape index (κ2) is 8.97. The molecule has 2 rings (SSSR count). The highest BCUT2D eigenvalue weighted by Crippen LogP contribution is 2.29. The van der Waals surface area contributed by atoms with Crippen LogP contribution in [0.15, 0.2) is 24.3 Å². The van der Waals surface area contributed by atoms with E-state index in [9.17, 15) is 24.4 Å². The average Bonchev–Trinajstić information content (AvgIpc) is 2.93. The molecule has 0 saturated carbocycles. The molecule has 2 atom stereocenters. The molecule has 1 unspecified atom stereocenters. The average molecular weight is 389 g/mol. The second-order valence-corrected chi connectivity index (χ2v) is 7.44. The molecule has 1 heterocycles. The van der Waals surface area contributed by atoms with Gasteiger partial charge in [0.2, 0.25) is 11.8 Å². The normalized spacial score (nSPS) is 15.4. The first-order valence-electron chi connectivity index (χ1n) is 9.37. The molecule has 4 amide bonds. The Hall–Kier alpha value is -2.74. The molecule has 1 aromatic carbocycles. The quantitative estimate of drug-likeness (QED) is 0.398. The van der Waals surface area contributed by atoms with Crippen LogP contribution in [0.3, 0.4) is 0 Å². The maximum Gasteiger partial charge on any atom is 0.261 e. The van der Waals surface area contributed by atoms with Crippen LogP contribution in [0.1, 0.15) is 47.9 Å². The standard InChI is InChI=1S/C20H27N3O5/c1-5-22(4)18(25)15(10-12(2)3)16(17(24)21-28)11-23-19(26)13-8-6-7-9-14(13)20(23)27/h6-9,12,15-16,28H,5,10-11H2,1-4H3,(H,21,24)/t15-,16?/m1/s1. The lowest BCUT2D eigenvalue weighted by molar-refractivity contribution is -0.145. The van der Waals surface area contributed by atoms with Gasteiger partial charge in [-0.05, 0) is 31.4 Å². The van der Waals surface area contributed by atoms with Gasteiger partial charge in [0.15, 0.2) is 0 Å². The van der Waals surface area contributed by atoms with Gasteiger partial charge in [-0.2, -0.15) is 0 Å². The number of carbonyl (C=O) groups is 4. The van der Waals surface area contributed by atoms with E-state index in [1.54, 1.807) is 36.8 Å². The molecule has 2 N–H and O–H groups in total. The van der Waals surface area contributed by atoms with Crippen molar-refractivity contribution in [2.75, 3.05) is 20.1 Å². The van der Waals surface area contributed by atoms with Crippen molar-refractivity contribution in [3.8, 4) is 0 Å². The van der Waals surface area contributed by atoms with Crippen molar-refractivity contribution >= 4 is 23.6 Å². The van der Waals surface area contributed by atoms with Crippen LogP contribution in [0.2, 0.25) is 0 Å². The van der Waals surface area contributed by atoms with E-state index in [1.807, 2.05) is 20.8 Å². The van der Waals surface area contributed by atoms with Gasteiger partial charge < -0.3 is 4.90 Å². The number of hydrogen-bond acceptors (Lipinski definition) is 5. The summed E-state index contributed by atoms with van der Waals surface area (Å²) in [5, 5.41) is 9.23. The lowest BCUT2D eigenvalue weighted by Gasteiger charge is -2.31. The first-order valence-corrected chi connectivity index (χ1v) is 9.37. The van der Waals surface area contributed by atoms with Crippen LogP contribution < -0.4 is 5.48 Å². The fourth-order valence-corrected chi connectivity index (χ4v) is 3.46. The first kappa shape index (κ1) is 21.6. The fourth-order valence-electron chi connectivity index (χ4n) is 3.46. The number of rotatable bonds is 8. The zero-order chi connectivity index (χ0) is 21.0. The number of carbonyl (C=O) groups excluding carboxylic acids is 4. The van der Waals surface area contributed by atoms with E-state index in [0.717, 1.165) is 4.90 Å². The SMILES string of the molecule is CCN(C)C(=O)[C@H](CC(C)C)C(CN1C(=O)c2ccccc2C1=O)C(=O)NO. The molecule has 0 bridgehead atoms. The maximum absolute atomic E-state index is 12.9. The molecule has 8 heteroatoms. The number of hydroxylamine groups is 1. The Kier molecular flexibility index (Phi) is 6.90. The first-order chi connectivity index (χ1) is 13.2. The smallest absolute Gasteiger partial charge is 0.261 e. The molecule has 0 radical (unpaired) electrons. The Balaban J connectivity index is 2.37. The summed E-state index contributed by atoms with van der Waals surface area (Å²) in [6.07, 6.45) is 0.379. The van der Waals surface area contributed by atoms with Crippen molar-refractivity contribution in [1.82, 2.24) is 15.3 Å². The van der Waals surface area contributed by atoms with Crippen molar-refractivity contribution in [3.05, 3.63) is 35.4 Å². The van der Waals surface area contributed by atoms with Crippen LogP contribution in [0.4, 0.5) is 0 Å². The van der Waals surface area contributed by atoms with Gasteiger partial charge in [0, 0.05) is 20.1 Å². The molecule has 0 aromatic heterocycles. The molecule has 0 aliphatic carbocycles. The van der Waals surface area contributed by atoms with E-state index < -0.39 is 29.6 Å². The number of hydrogen-bond donors (Lipinski definition) is 2. The summed E-state index contributed by atoms with van der Waals surface area (Å²) in [4.78, 5) is 53.2. The topological polar surface area (TPSA) is 107 Å². The Morgan fingerprint density at radius 1 is 1.11 bits per heavy atom. The largest absolute Gasteiger partial charge is 0.346 e. The Morgan fingerprint density at radius 3 is 2.07 bits per heavy atom. The van der Waals surface area contributed by atoms with Crippen molar-refractivity contribution in [2.24, 2.45) is 17.8 Å². The van der Waals surface area contributed by atoms with Gasteiger partial charge in [0.25, 0.3) is 11.8 Å². The molecule has 0 saturated heterocycles. The van der Waals surface area contributed by atoms with Crippen molar-refractivity contribution in [1.29, 1.82) is 0 Å². The van der Waals surface area contributed by atoms with Crippen molar-refractivity contribution in [3.63, 3.8) is 0 Å². The highest BCUT2D eigenvalue weighted by Gasteiger charge is 2.42. The number of nitrogens with one attached hydrogen (secondary N) is 1. The molecule has 152 valence electrons. The van der Waals surface area contributed by atoms with Gasteiger partial charge in [0.1, 0.15) is 0 Å². The van der Waals surface area contributed by atoms with Crippen molar-refractivity contribution in [2.45, 2.75) is 27.2 Å². The third-order valence-electron chi connectivity index (χ3n) is 5.08.